The minimum atomic E-state index is -0.349. The first-order chi connectivity index (χ1) is 11.3. The summed E-state index contributed by atoms with van der Waals surface area (Å²) in [6, 6.07) is 2.19. The Hall–Kier alpha value is -2.07. The van der Waals surface area contributed by atoms with E-state index in [1.807, 2.05) is 20.8 Å². The summed E-state index contributed by atoms with van der Waals surface area (Å²) in [7, 11) is 0. The second-order valence-electron chi connectivity index (χ2n) is 6.11. The van der Waals surface area contributed by atoms with E-state index in [2.05, 4.69) is 11.1 Å². The molecule has 128 valence electrons. The van der Waals surface area contributed by atoms with Gasteiger partial charge in [0, 0.05) is 18.8 Å². The minimum absolute atomic E-state index is 0.0486. The van der Waals surface area contributed by atoms with Crippen molar-refractivity contribution in [3.05, 3.63) is 22.4 Å². The molecule has 1 aliphatic rings. The largest absolute Gasteiger partial charge is 0.369 e. The first-order valence-corrected chi connectivity index (χ1v) is 8.91. The van der Waals surface area contributed by atoms with Gasteiger partial charge in [-0.1, -0.05) is 11.8 Å². The van der Waals surface area contributed by atoms with Crippen LogP contribution in [0.5, 0.6) is 0 Å². The third kappa shape index (κ3) is 3.88. The van der Waals surface area contributed by atoms with Crippen LogP contribution in [-0.4, -0.2) is 40.5 Å². The summed E-state index contributed by atoms with van der Waals surface area (Å²) in [5, 5.41) is 9.97. The number of piperidine rings is 1. The zero-order chi connectivity index (χ0) is 17.9. The topological polar surface area (TPSA) is 100 Å². The van der Waals surface area contributed by atoms with Crippen LogP contribution in [0.25, 0.3) is 0 Å². The van der Waals surface area contributed by atoms with Gasteiger partial charge in [0.1, 0.15) is 11.1 Å². The normalized spacial score (nSPS) is 17.4. The van der Waals surface area contributed by atoms with Crippen LogP contribution < -0.4 is 5.73 Å². The van der Waals surface area contributed by atoms with E-state index in [9.17, 15) is 14.9 Å². The lowest BCUT2D eigenvalue weighted by Crippen LogP contribution is -2.44. The van der Waals surface area contributed by atoms with Crippen LogP contribution in [-0.2, 0) is 9.59 Å². The number of nitrogens with two attached hydrogens (primary N) is 1. The predicted molar refractivity (Wildman–Crippen MR) is 92.4 cm³/mol. The number of nitriles is 1. The first kappa shape index (κ1) is 18.3. The fourth-order valence-electron chi connectivity index (χ4n) is 2.80. The molecule has 0 saturated carbocycles. The van der Waals surface area contributed by atoms with Crippen LogP contribution in [0.1, 0.15) is 35.2 Å². The van der Waals surface area contributed by atoms with Gasteiger partial charge in [0.05, 0.1) is 17.2 Å². The zero-order valence-corrected chi connectivity index (χ0v) is 15.1. The molecule has 0 bridgehead atoms. The Bertz CT molecular complexity index is 712. The van der Waals surface area contributed by atoms with E-state index in [1.165, 1.54) is 11.8 Å². The van der Waals surface area contributed by atoms with Crippen molar-refractivity contribution in [3.63, 3.8) is 0 Å². The number of hydrogen-bond donors (Lipinski definition) is 1. The molecule has 1 atom stereocenters. The number of carbonyl (C=O) groups excluding carboxylic acids is 2. The number of pyridine rings is 1. The summed E-state index contributed by atoms with van der Waals surface area (Å²) in [6.45, 7) is 6.77. The van der Waals surface area contributed by atoms with Gasteiger partial charge in [-0.3, -0.25) is 9.59 Å². The highest BCUT2D eigenvalue weighted by Crippen LogP contribution is 2.27. The summed E-state index contributed by atoms with van der Waals surface area (Å²) in [5.74, 6) is -0.454. The Balaban J connectivity index is 2.07. The second-order valence-corrected chi connectivity index (χ2v) is 7.07. The van der Waals surface area contributed by atoms with Gasteiger partial charge >= 0.3 is 0 Å². The molecule has 0 aromatic carbocycles. The molecule has 1 saturated heterocycles. The number of carbonyl (C=O) groups is 2. The Labute approximate surface area is 146 Å². The van der Waals surface area contributed by atoms with Crippen molar-refractivity contribution < 1.29 is 9.59 Å². The molecule has 0 radical (unpaired) electrons. The molecular formula is C17H22N4O2S. The number of aryl methyl sites for hydroxylation is 1. The lowest BCUT2D eigenvalue weighted by molar-refractivity contribution is -0.132. The second kappa shape index (κ2) is 7.67. The molecule has 2 heterocycles. The minimum Gasteiger partial charge on any atom is -0.369 e. The third-order valence-electron chi connectivity index (χ3n) is 4.58. The molecule has 1 aliphatic heterocycles. The van der Waals surface area contributed by atoms with Crippen molar-refractivity contribution in [2.45, 2.75) is 38.6 Å². The number of thioether (sulfide) groups is 1. The molecule has 0 spiro atoms. The number of primary amides is 1. The van der Waals surface area contributed by atoms with Crippen molar-refractivity contribution in [3.8, 4) is 6.07 Å². The van der Waals surface area contributed by atoms with Crippen LogP contribution in [0.4, 0.5) is 0 Å². The highest BCUT2D eigenvalue weighted by atomic mass is 32.2. The maximum absolute atomic E-state index is 12.4. The highest BCUT2D eigenvalue weighted by molar-refractivity contribution is 8.00. The zero-order valence-electron chi connectivity index (χ0n) is 14.3. The smallest absolute Gasteiger partial charge is 0.233 e. The quantitative estimate of drug-likeness (QED) is 0.836. The Morgan fingerprint density at radius 1 is 1.38 bits per heavy atom. The number of amides is 2. The molecule has 2 amide bonds. The number of aromatic nitrogens is 1. The van der Waals surface area contributed by atoms with E-state index in [4.69, 9.17) is 5.73 Å². The lowest BCUT2D eigenvalue weighted by Gasteiger charge is -2.31. The predicted octanol–water partition coefficient (Wildman–Crippen LogP) is 1.69. The molecule has 2 rings (SSSR count). The summed E-state index contributed by atoms with van der Waals surface area (Å²) in [6.07, 6.45) is 1.53. The van der Waals surface area contributed by atoms with Gasteiger partial charge in [0.2, 0.25) is 11.8 Å². The van der Waals surface area contributed by atoms with Crippen molar-refractivity contribution in [1.29, 1.82) is 5.26 Å². The Morgan fingerprint density at radius 2 is 2.08 bits per heavy atom. The highest BCUT2D eigenvalue weighted by Gasteiger charge is 2.27. The van der Waals surface area contributed by atoms with Crippen molar-refractivity contribution in [2.75, 3.05) is 18.8 Å². The molecule has 1 aromatic heterocycles. The fourth-order valence-corrected chi connectivity index (χ4v) is 3.79. The summed E-state index contributed by atoms with van der Waals surface area (Å²) in [4.78, 5) is 29.9. The number of nitrogens with zero attached hydrogens (tertiary/aromatic N) is 3. The summed E-state index contributed by atoms with van der Waals surface area (Å²) in [5.41, 5.74) is 8.66. The van der Waals surface area contributed by atoms with Crippen LogP contribution in [0.3, 0.4) is 0 Å². The van der Waals surface area contributed by atoms with E-state index >= 15 is 0 Å². The van der Waals surface area contributed by atoms with E-state index in [-0.39, 0.29) is 23.5 Å². The lowest BCUT2D eigenvalue weighted by atomic mass is 9.97. The molecular weight excluding hydrogens is 324 g/mol. The Kier molecular flexibility index (Phi) is 5.84. The monoisotopic (exact) mass is 346 g/mol. The van der Waals surface area contributed by atoms with Crippen molar-refractivity contribution in [1.82, 2.24) is 9.88 Å². The average Bonchev–Trinajstić information content (AvgIpc) is 2.57. The maximum atomic E-state index is 12.4. The number of rotatable bonds is 4. The fraction of sp³-hybridized carbons (Fsp3) is 0.529. The SMILES string of the molecule is Cc1nc(SCC(=O)N2CCCC(C(N)=O)C2)c(C#N)c(C)c1C. The molecule has 24 heavy (non-hydrogen) atoms. The van der Waals surface area contributed by atoms with Crippen LogP contribution in [0, 0.1) is 38.0 Å². The number of hydrogen-bond acceptors (Lipinski definition) is 5. The summed E-state index contributed by atoms with van der Waals surface area (Å²) < 4.78 is 0. The molecule has 1 fully saturated rings. The van der Waals surface area contributed by atoms with Crippen molar-refractivity contribution >= 4 is 23.6 Å². The molecule has 0 aliphatic carbocycles. The van der Waals surface area contributed by atoms with E-state index in [1.54, 1.807) is 4.90 Å². The van der Waals surface area contributed by atoms with E-state index in [0.29, 0.717) is 23.7 Å². The van der Waals surface area contributed by atoms with Gasteiger partial charge in [0.25, 0.3) is 0 Å². The van der Waals surface area contributed by atoms with Gasteiger partial charge in [-0.15, -0.1) is 0 Å². The molecule has 6 nitrogen and oxygen atoms in total. The Morgan fingerprint density at radius 3 is 2.71 bits per heavy atom. The van der Waals surface area contributed by atoms with Crippen LogP contribution >= 0.6 is 11.8 Å². The summed E-state index contributed by atoms with van der Waals surface area (Å²) >= 11 is 1.28. The average molecular weight is 346 g/mol. The standard InChI is InChI=1S/C17H22N4O2S/c1-10-11(2)14(7-18)17(20-12(10)3)24-9-15(22)21-6-4-5-13(8-21)16(19)23/h13H,4-6,8-9H2,1-3H3,(H2,19,23). The van der Waals surface area contributed by atoms with Crippen LogP contribution in [0.15, 0.2) is 5.03 Å². The molecule has 2 N–H and O–H groups in total. The van der Waals surface area contributed by atoms with Crippen LogP contribution in [0.2, 0.25) is 0 Å². The van der Waals surface area contributed by atoms with Crippen molar-refractivity contribution in [2.24, 2.45) is 11.7 Å². The molecule has 1 aromatic rings. The van der Waals surface area contributed by atoms with E-state index < -0.39 is 0 Å². The third-order valence-corrected chi connectivity index (χ3v) is 5.54. The van der Waals surface area contributed by atoms with Gasteiger partial charge in [-0.25, -0.2) is 4.98 Å². The molecule has 1 unspecified atom stereocenters. The first-order valence-electron chi connectivity index (χ1n) is 7.93. The van der Waals surface area contributed by atoms with Gasteiger partial charge in [-0.05, 0) is 44.7 Å². The van der Waals surface area contributed by atoms with E-state index in [0.717, 1.165) is 29.7 Å². The van der Waals surface area contributed by atoms with Gasteiger partial charge in [-0.2, -0.15) is 5.26 Å². The maximum Gasteiger partial charge on any atom is 0.233 e. The number of likely N-dealkylation sites (tertiary alicyclic amines) is 1. The van der Waals surface area contributed by atoms with Gasteiger partial charge in [0.15, 0.2) is 0 Å². The van der Waals surface area contributed by atoms with Gasteiger partial charge < -0.3 is 10.6 Å². The molecule has 7 heteroatoms.